The number of H-pyrrole nitrogens is 1. The first kappa shape index (κ1) is 16.6. The number of aromatic amines is 1. The molecule has 6 nitrogen and oxygen atoms in total. The molecular formula is C19H19N3O3. The van der Waals surface area contributed by atoms with Crippen LogP contribution in [0.15, 0.2) is 54.7 Å². The van der Waals surface area contributed by atoms with Crippen molar-refractivity contribution in [2.45, 2.75) is 6.42 Å². The third kappa shape index (κ3) is 3.98. The maximum Gasteiger partial charge on any atom is 0.337 e. The number of aromatic nitrogens is 1. The van der Waals surface area contributed by atoms with E-state index in [-0.39, 0.29) is 6.03 Å². The number of ether oxygens (including phenoxy) is 1. The van der Waals surface area contributed by atoms with E-state index in [9.17, 15) is 9.59 Å². The maximum absolute atomic E-state index is 12.0. The van der Waals surface area contributed by atoms with Crippen molar-refractivity contribution >= 4 is 28.6 Å². The number of hydrogen-bond acceptors (Lipinski definition) is 3. The Balaban J connectivity index is 1.54. The van der Waals surface area contributed by atoms with E-state index in [1.807, 2.05) is 24.4 Å². The predicted molar refractivity (Wildman–Crippen MR) is 96.8 cm³/mol. The summed E-state index contributed by atoms with van der Waals surface area (Å²) in [6, 6.07) is 14.3. The van der Waals surface area contributed by atoms with Crippen molar-refractivity contribution in [3.8, 4) is 0 Å². The lowest BCUT2D eigenvalue weighted by atomic mass is 10.1. The molecule has 0 unspecified atom stereocenters. The summed E-state index contributed by atoms with van der Waals surface area (Å²) in [5.74, 6) is -0.441. The van der Waals surface area contributed by atoms with Crippen LogP contribution < -0.4 is 10.6 Å². The number of hydrogen-bond donors (Lipinski definition) is 3. The lowest BCUT2D eigenvalue weighted by molar-refractivity contribution is 0.0600. The van der Waals surface area contributed by atoms with Crippen LogP contribution in [0.4, 0.5) is 10.5 Å². The highest BCUT2D eigenvalue weighted by molar-refractivity contribution is 5.93. The summed E-state index contributed by atoms with van der Waals surface area (Å²) in [7, 11) is 1.32. The summed E-state index contributed by atoms with van der Waals surface area (Å²) < 4.78 is 4.67. The Hall–Kier alpha value is -3.28. The van der Waals surface area contributed by atoms with E-state index in [1.54, 1.807) is 24.3 Å². The van der Waals surface area contributed by atoms with Crippen LogP contribution in [0.5, 0.6) is 0 Å². The molecule has 2 amide bonds. The van der Waals surface area contributed by atoms with Crippen molar-refractivity contribution in [2.24, 2.45) is 0 Å². The van der Waals surface area contributed by atoms with Crippen molar-refractivity contribution < 1.29 is 14.3 Å². The van der Waals surface area contributed by atoms with Gasteiger partial charge < -0.3 is 20.4 Å². The van der Waals surface area contributed by atoms with E-state index in [0.717, 1.165) is 22.9 Å². The predicted octanol–water partition coefficient (Wildman–Crippen LogP) is 3.32. The van der Waals surface area contributed by atoms with Crippen LogP contribution in [0.1, 0.15) is 15.9 Å². The van der Waals surface area contributed by atoms with Crippen LogP contribution in [0.2, 0.25) is 0 Å². The summed E-state index contributed by atoms with van der Waals surface area (Å²) in [5.41, 5.74) is 3.16. The van der Waals surface area contributed by atoms with Gasteiger partial charge in [-0.25, -0.2) is 9.59 Å². The summed E-state index contributed by atoms with van der Waals surface area (Å²) >= 11 is 0. The van der Waals surface area contributed by atoms with Gasteiger partial charge in [0.25, 0.3) is 0 Å². The Morgan fingerprint density at radius 3 is 2.80 bits per heavy atom. The number of methoxy groups -OCH3 is 1. The summed E-state index contributed by atoms with van der Waals surface area (Å²) in [5, 5.41) is 6.69. The number of anilines is 1. The van der Waals surface area contributed by atoms with E-state index < -0.39 is 5.97 Å². The second-order valence-electron chi connectivity index (χ2n) is 5.56. The van der Waals surface area contributed by atoms with Crippen LogP contribution in [0, 0.1) is 0 Å². The second kappa shape index (κ2) is 7.53. The second-order valence-corrected chi connectivity index (χ2v) is 5.56. The van der Waals surface area contributed by atoms with Gasteiger partial charge in [-0.05, 0) is 36.2 Å². The lowest BCUT2D eigenvalue weighted by Gasteiger charge is -2.08. The number of fused-ring (bicyclic) bond motifs is 1. The van der Waals surface area contributed by atoms with Gasteiger partial charge in [-0.15, -0.1) is 0 Å². The number of amides is 2. The van der Waals surface area contributed by atoms with Gasteiger partial charge in [0.2, 0.25) is 0 Å². The molecule has 6 heteroatoms. The van der Waals surface area contributed by atoms with Crippen molar-refractivity contribution in [1.29, 1.82) is 0 Å². The van der Waals surface area contributed by atoms with Crippen molar-refractivity contribution in [2.75, 3.05) is 19.0 Å². The molecule has 3 N–H and O–H groups in total. The fraction of sp³-hybridized carbons (Fsp3) is 0.158. The first-order valence-electron chi connectivity index (χ1n) is 7.95. The molecule has 0 fully saturated rings. The molecule has 0 bridgehead atoms. The van der Waals surface area contributed by atoms with Crippen LogP contribution in [0.25, 0.3) is 10.9 Å². The Bertz CT molecular complexity index is 902. The van der Waals surface area contributed by atoms with E-state index in [0.29, 0.717) is 17.8 Å². The molecule has 25 heavy (non-hydrogen) atoms. The van der Waals surface area contributed by atoms with E-state index in [4.69, 9.17) is 0 Å². The molecule has 2 aromatic carbocycles. The number of nitrogens with one attached hydrogen (secondary N) is 3. The van der Waals surface area contributed by atoms with Crippen LogP contribution >= 0.6 is 0 Å². The molecule has 0 aliphatic rings. The third-order valence-corrected chi connectivity index (χ3v) is 3.90. The molecule has 3 aromatic rings. The number of carbonyl (C=O) groups excluding carboxylic acids is 2. The van der Waals surface area contributed by atoms with Gasteiger partial charge in [0.1, 0.15) is 0 Å². The topological polar surface area (TPSA) is 83.2 Å². The average Bonchev–Trinajstić information content (AvgIpc) is 3.04. The van der Waals surface area contributed by atoms with Gasteiger partial charge in [-0.2, -0.15) is 0 Å². The van der Waals surface area contributed by atoms with Gasteiger partial charge in [0.15, 0.2) is 0 Å². The van der Waals surface area contributed by atoms with Gasteiger partial charge in [0.05, 0.1) is 12.7 Å². The fourth-order valence-electron chi connectivity index (χ4n) is 2.67. The minimum Gasteiger partial charge on any atom is -0.465 e. The molecule has 0 spiro atoms. The lowest BCUT2D eigenvalue weighted by Crippen LogP contribution is -2.30. The van der Waals surface area contributed by atoms with Crippen molar-refractivity contribution in [1.82, 2.24) is 10.3 Å². The first-order valence-corrected chi connectivity index (χ1v) is 7.95. The Labute approximate surface area is 145 Å². The van der Waals surface area contributed by atoms with E-state index >= 15 is 0 Å². The van der Waals surface area contributed by atoms with Gasteiger partial charge in [0, 0.05) is 29.3 Å². The normalized spacial score (nSPS) is 10.4. The SMILES string of the molecule is COC(=O)c1cccc(NC(=O)NCCc2c[nH]c3ccccc23)c1. The van der Waals surface area contributed by atoms with Crippen LogP contribution in [-0.4, -0.2) is 30.6 Å². The maximum atomic E-state index is 12.0. The van der Waals surface area contributed by atoms with E-state index in [2.05, 4.69) is 26.4 Å². The Morgan fingerprint density at radius 2 is 1.96 bits per heavy atom. The number of rotatable bonds is 5. The number of carbonyl (C=O) groups is 2. The quantitative estimate of drug-likeness (QED) is 0.625. The first-order chi connectivity index (χ1) is 12.2. The van der Waals surface area contributed by atoms with Crippen LogP contribution in [0.3, 0.4) is 0 Å². The highest BCUT2D eigenvalue weighted by Crippen LogP contribution is 2.17. The summed E-state index contributed by atoms with van der Waals surface area (Å²) in [4.78, 5) is 26.7. The minimum absolute atomic E-state index is 0.318. The molecule has 0 aliphatic carbocycles. The molecule has 0 atom stereocenters. The number of esters is 1. The zero-order valence-electron chi connectivity index (χ0n) is 13.8. The largest absolute Gasteiger partial charge is 0.465 e. The highest BCUT2D eigenvalue weighted by atomic mass is 16.5. The smallest absolute Gasteiger partial charge is 0.337 e. The summed E-state index contributed by atoms with van der Waals surface area (Å²) in [6.45, 7) is 0.504. The molecule has 1 aromatic heterocycles. The molecule has 128 valence electrons. The monoisotopic (exact) mass is 337 g/mol. The molecule has 0 radical (unpaired) electrons. The molecule has 0 saturated carbocycles. The highest BCUT2D eigenvalue weighted by Gasteiger charge is 2.08. The third-order valence-electron chi connectivity index (χ3n) is 3.90. The van der Waals surface area contributed by atoms with Crippen molar-refractivity contribution in [3.05, 3.63) is 65.9 Å². The Morgan fingerprint density at radius 1 is 1.12 bits per heavy atom. The molecular weight excluding hydrogens is 318 g/mol. The van der Waals surface area contributed by atoms with Crippen LogP contribution in [-0.2, 0) is 11.2 Å². The van der Waals surface area contributed by atoms with E-state index in [1.165, 1.54) is 7.11 Å². The molecule has 0 aliphatic heterocycles. The average molecular weight is 337 g/mol. The number of benzene rings is 2. The summed E-state index contributed by atoms with van der Waals surface area (Å²) in [6.07, 6.45) is 2.68. The number of para-hydroxylation sites is 1. The van der Waals surface area contributed by atoms with Crippen molar-refractivity contribution in [3.63, 3.8) is 0 Å². The van der Waals surface area contributed by atoms with Gasteiger partial charge in [-0.3, -0.25) is 0 Å². The minimum atomic E-state index is -0.441. The Kier molecular flexibility index (Phi) is 4.99. The van der Waals surface area contributed by atoms with Gasteiger partial charge >= 0.3 is 12.0 Å². The standard InChI is InChI=1S/C19H19N3O3/c1-25-18(23)13-5-4-6-15(11-13)22-19(24)20-10-9-14-12-21-17-8-3-2-7-16(14)17/h2-8,11-12,21H,9-10H2,1H3,(H2,20,22,24). The zero-order chi connectivity index (χ0) is 17.6. The fourth-order valence-corrected chi connectivity index (χ4v) is 2.67. The zero-order valence-corrected chi connectivity index (χ0v) is 13.8. The van der Waals surface area contributed by atoms with Gasteiger partial charge in [-0.1, -0.05) is 24.3 Å². The number of urea groups is 1. The molecule has 0 saturated heterocycles. The molecule has 1 heterocycles. The molecule has 3 rings (SSSR count).